The maximum atomic E-state index is 14.6. The smallest absolute Gasteiger partial charge is 0.310 e. The highest BCUT2D eigenvalue weighted by Gasteiger charge is 2.51. The molecule has 0 aliphatic carbocycles. The molecule has 2 heterocycles. The van der Waals surface area contributed by atoms with Gasteiger partial charge in [0.25, 0.3) is 5.91 Å². The monoisotopic (exact) mass is 457 g/mol. The van der Waals surface area contributed by atoms with E-state index in [0.29, 0.717) is 4.90 Å². The van der Waals surface area contributed by atoms with Crippen molar-refractivity contribution in [1.82, 2.24) is 4.90 Å². The lowest BCUT2D eigenvalue weighted by molar-refractivity contribution is -0.119. The Labute approximate surface area is 170 Å². The van der Waals surface area contributed by atoms with E-state index in [4.69, 9.17) is 34.8 Å². The Balaban J connectivity index is 2.08. The topological polar surface area (TPSA) is 78.0 Å². The molecule has 0 aromatic heterocycles. The van der Waals surface area contributed by atoms with Crippen LogP contribution in [0.3, 0.4) is 0 Å². The number of sulfonamides is 1. The summed E-state index contributed by atoms with van der Waals surface area (Å²) in [7, 11) is -3.91. The average Bonchev–Trinajstić information content (AvgIpc) is 3.09. The molecule has 27 heavy (non-hydrogen) atoms. The number of carbonyl (C=O) groups is 2. The van der Waals surface area contributed by atoms with Gasteiger partial charge >= 0.3 is 6.03 Å². The molecule has 2 aliphatic rings. The second-order valence-corrected chi connectivity index (χ2v) is 9.60. The van der Waals surface area contributed by atoms with Crippen molar-refractivity contribution >= 4 is 68.1 Å². The first-order valence-electron chi connectivity index (χ1n) is 7.96. The number of hydrogen-bond donors (Lipinski definition) is 0. The van der Waals surface area contributed by atoms with Crippen LogP contribution in [0.15, 0.2) is 12.1 Å². The van der Waals surface area contributed by atoms with Crippen LogP contribution >= 0.6 is 34.8 Å². The molecule has 2 fully saturated rings. The molecule has 148 valence electrons. The Kier molecular flexibility index (Phi) is 5.51. The summed E-state index contributed by atoms with van der Waals surface area (Å²) in [6.07, 6.45) is 0.270. The van der Waals surface area contributed by atoms with Crippen LogP contribution in [0.2, 0.25) is 5.02 Å². The maximum absolute atomic E-state index is 14.6. The Hall–Kier alpha value is -1.29. The van der Waals surface area contributed by atoms with E-state index in [9.17, 15) is 22.4 Å². The van der Waals surface area contributed by atoms with Crippen LogP contribution in [0, 0.1) is 5.82 Å². The first-order valence-corrected chi connectivity index (χ1v) is 10.9. The third kappa shape index (κ3) is 3.35. The minimum Gasteiger partial charge on any atom is -0.310 e. The lowest BCUT2D eigenvalue weighted by Gasteiger charge is -2.25. The molecular weight excluding hydrogens is 444 g/mol. The number of urea groups is 1. The van der Waals surface area contributed by atoms with Crippen molar-refractivity contribution in [2.75, 3.05) is 27.5 Å². The molecule has 3 rings (SSSR count). The van der Waals surface area contributed by atoms with Crippen LogP contribution in [-0.2, 0) is 14.8 Å². The van der Waals surface area contributed by atoms with Gasteiger partial charge in [-0.25, -0.2) is 22.5 Å². The fraction of sp³-hybridized carbons (Fsp3) is 0.467. The third-order valence-electron chi connectivity index (χ3n) is 4.48. The fourth-order valence-corrected chi connectivity index (χ4v) is 5.22. The van der Waals surface area contributed by atoms with Crippen molar-refractivity contribution in [3.05, 3.63) is 23.0 Å². The van der Waals surface area contributed by atoms with Gasteiger partial charge in [-0.15, -0.1) is 23.2 Å². The average molecular weight is 459 g/mol. The number of imide groups is 1. The molecule has 1 aromatic rings. The number of carbonyl (C=O) groups excluding carboxylic acids is 2. The molecule has 12 heteroatoms. The molecule has 7 nitrogen and oxygen atoms in total. The Morgan fingerprint density at radius 3 is 2.56 bits per heavy atom. The largest absolute Gasteiger partial charge is 0.332 e. The molecule has 3 amide bonds. The van der Waals surface area contributed by atoms with Gasteiger partial charge in [0.2, 0.25) is 10.0 Å². The number of fused-ring (bicyclic) bond motifs is 1. The van der Waals surface area contributed by atoms with E-state index >= 15 is 0 Å². The maximum Gasteiger partial charge on any atom is 0.332 e. The summed E-state index contributed by atoms with van der Waals surface area (Å²) in [5.41, 5.74) is -0.438. The summed E-state index contributed by atoms with van der Waals surface area (Å²) in [6.45, 7) is 1.70. The van der Waals surface area contributed by atoms with Crippen LogP contribution in [0.25, 0.3) is 0 Å². The van der Waals surface area contributed by atoms with Gasteiger partial charge in [-0.2, -0.15) is 0 Å². The number of amides is 3. The van der Waals surface area contributed by atoms with Gasteiger partial charge in [-0.3, -0.25) is 9.10 Å². The minimum absolute atomic E-state index is 0.0234. The summed E-state index contributed by atoms with van der Waals surface area (Å²) in [6, 6.07) is 0.477. The van der Waals surface area contributed by atoms with Crippen molar-refractivity contribution in [3.63, 3.8) is 0 Å². The van der Waals surface area contributed by atoms with Crippen molar-refractivity contribution in [3.8, 4) is 0 Å². The van der Waals surface area contributed by atoms with Crippen LogP contribution in [-0.4, -0.2) is 55.0 Å². The standard InChI is InChI=1S/C15H15Cl3FN3O4S/c1-2-21(27(25,26)7-16)11-5-12(10(19)4-9(11)18)22-14(23)13-3-8(17)6-20(13)15(22)24/h4-5,8,13H,2-3,6-7H2,1H3/t8-,13+/m0/s1. The van der Waals surface area contributed by atoms with Gasteiger partial charge in [-0.05, 0) is 25.5 Å². The first kappa shape index (κ1) is 20.4. The molecule has 0 saturated carbocycles. The summed E-state index contributed by atoms with van der Waals surface area (Å²) in [5, 5.41) is -1.24. The molecule has 0 spiro atoms. The van der Waals surface area contributed by atoms with Gasteiger partial charge in [0, 0.05) is 13.1 Å². The second kappa shape index (κ2) is 7.27. The van der Waals surface area contributed by atoms with Gasteiger partial charge in [0.15, 0.2) is 0 Å². The predicted molar refractivity (Wildman–Crippen MR) is 102 cm³/mol. The van der Waals surface area contributed by atoms with E-state index in [2.05, 4.69) is 0 Å². The number of benzene rings is 1. The summed E-state index contributed by atoms with van der Waals surface area (Å²) in [5.74, 6) is -1.54. The summed E-state index contributed by atoms with van der Waals surface area (Å²) >= 11 is 17.5. The fourth-order valence-electron chi connectivity index (χ4n) is 3.29. The number of alkyl halides is 2. The van der Waals surface area contributed by atoms with Gasteiger partial charge in [-0.1, -0.05) is 11.6 Å². The predicted octanol–water partition coefficient (Wildman–Crippen LogP) is 2.98. The molecule has 2 aliphatic heterocycles. The highest BCUT2D eigenvalue weighted by atomic mass is 35.5. The molecule has 0 N–H and O–H groups in total. The molecule has 0 radical (unpaired) electrons. The molecule has 2 saturated heterocycles. The van der Waals surface area contributed by atoms with E-state index in [0.717, 1.165) is 16.4 Å². The number of halogens is 4. The van der Waals surface area contributed by atoms with E-state index in [1.165, 1.54) is 4.90 Å². The Bertz CT molecular complexity index is 890. The minimum atomic E-state index is -3.91. The van der Waals surface area contributed by atoms with E-state index in [1.807, 2.05) is 0 Å². The van der Waals surface area contributed by atoms with Crippen molar-refractivity contribution in [2.45, 2.75) is 24.8 Å². The summed E-state index contributed by atoms with van der Waals surface area (Å²) in [4.78, 5) is 27.2. The zero-order valence-electron chi connectivity index (χ0n) is 14.0. The Morgan fingerprint density at radius 1 is 1.33 bits per heavy atom. The highest BCUT2D eigenvalue weighted by molar-refractivity contribution is 7.93. The normalized spacial score (nSPS) is 22.6. The first-order chi connectivity index (χ1) is 12.6. The molecular formula is C15H15Cl3FN3O4S. The van der Waals surface area contributed by atoms with E-state index < -0.39 is 39.0 Å². The van der Waals surface area contributed by atoms with Crippen LogP contribution in [0.1, 0.15) is 13.3 Å². The summed E-state index contributed by atoms with van der Waals surface area (Å²) < 4.78 is 39.8. The SMILES string of the molecule is CCN(c1cc(N2C(=O)[C@H]3C[C@H](Cl)CN3C2=O)c(F)cc1Cl)S(=O)(=O)CCl. The third-order valence-corrected chi connectivity index (χ3v) is 7.33. The zero-order chi connectivity index (χ0) is 20.1. The number of anilines is 2. The van der Waals surface area contributed by atoms with Gasteiger partial charge in [0.1, 0.15) is 17.1 Å². The number of hydrogen-bond acceptors (Lipinski definition) is 4. The van der Waals surface area contributed by atoms with E-state index in [-0.39, 0.29) is 41.3 Å². The van der Waals surface area contributed by atoms with Crippen LogP contribution in [0.5, 0.6) is 0 Å². The molecule has 0 bridgehead atoms. The second-order valence-electron chi connectivity index (χ2n) is 6.10. The van der Waals surface area contributed by atoms with Crippen LogP contribution < -0.4 is 9.21 Å². The van der Waals surface area contributed by atoms with Gasteiger partial charge in [0.05, 0.1) is 21.8 Å². The molecule has 1 aromatic carbocycles. The van der Waals surface area contributed by atoms with Gasteiger partial charge < -0.3 is 4.90 Å². The van der Waals surface area contributed by atoms with Crippen LogP contribution in [0.4, 0.5) is 20.6 Å². The number of nitrogens with zero attached hydrogens (tertiary/aromatic N) is 3. The molecule has 0 unspecified atom stereocenters. The van der Waals surface area contributed by atoms with Crippen molar-refractivity contribution in [2.24, 2.45) is 0 Å². The van der Waals surface area contributed by atoms with E-state index in [1.54, 1.807) is 6.92 Å². The Morgan fingerprint density at radius 2 is 2.00 bits per heavy atom. The number of rotatable bonds is 5. The van der Waals surface area contributed by atoms with Crippen molar-refractivity contribution < 1.29 is 22.4 Å². The lowest BCUT2D eigenvalue weighted by Crippen LogP contribution is -2.36. The quantitative estimate of drug-likeness (QED) is 0.502. The lowest BCUT2D eigenvalue weighted by atomic mass is 10.2. The highest BCUT2D eigenvalue weighted by Crippen LogP contribution is 2.39. The molecule has 2 atom stereocenters. The zero-order valence-corrected chi connectivity index (χ0v) is 17.1. The van der Waals surface area contributed by atoms with Crippen molar-refractivity contribution in [1.29, 1.82) is 0 Å².